The molecule has 2 bridgehead atoms. The molecule has 1 amide bonds. The van der Waals surface area contributed by atoms with Crippen LogP contribution in [-0.4, -0.2) is 41.3 Å². The lowest BCUT2D eigenvalue weighted by Gasteiger charge is -2.44. The molecule has 1 N–H and O–H groups in total. The average molecular weight is 375 g/mol. The van der Waals surface area contributed by atoms with E-state index in [-0.39, 0.29) is 18.4 Å². The number of hydrogen-bond donors (Lipinski definition) is 1. The summed E-state index contributed by atoms with van der Waals surface area (Å²) in [6.45, 7) is 0.782. The Kier molecular flexibility index (Phi) is 3.97. The van der Waals surface area contributed by atoms with Crippen LogP contribution in [-0.2, 0) is 9.53 Å². The van der Waals surface area contributed by atoms with Crippen molar-refractivity contribution >= 4 is 12.1 Å². The van der Waals surface area contributed by atoms with Crippen LogP contribution in [0.3, 0.4) is 0 Å². The van der Waals surface area contributed by atoms with Gasteiger partial charge in [-0.05, 0) is 34.6 Å². The van der Waals surface area contributed by atoms with Crippen LogP contribution in [0.5, 0.6) is 0 Å². The van der Waals surface area contributed by atoms with Gasteiger partial charge in [-0.1, -0.05) is 60.7 Å². The highest BCUT2D eigenvalue weighted by Crippen LogP contribution is 2.44. The second kappa shape index (κ2) is 6.51. The number of carboxylic acid groups (broad SMARTS) is 1. The van der Waals surface area contributed by atoms with Crippen LogP contribution in [0.2, 0.25) is 0 Å². The Bertz CT molecular complexity index is 937. The van der Waals surface area contributed by atoms with Gasteiger partial charge in [0.1, 0.15) is 6.61 Å². The minimum atomic E-state index is -0.851. The molecule has 2 aromatic carbocycles. The first-order valence-corrected chi connectivity index (χ1v) is 9.66. The SMILES string of the molecule is O=C(O)C1CC2C=CC1N(C(=O)OCC1c3ccccc3-c3ccccc31)C2. The van der Waals surface area contributed by atoms with E-state index in [0.717, 1.165) is 0 Å². The second-order valence-corrected chi connectivity index (χ2v) is 7.77. The van der Waals surface area contributed by atoms with E-state index >= 15 is 0 Å². The number of aliphatic carboxylic acids is 1. The predicted octanol–water partition coefficient (Wildman–Crippen LogP) is 3.90. The highest BCUT2D eigenvalue weighted by atomic mass is 16.6. The summed E-state index contributed by atoms with van der Waals surface area (Å²) in [5.74, 6) is -1.31. The highest BCUT2D eigenvalue weighted by Gasteiger charge is 2.44. The van der Waals surface area contributed by atoms with E-state index in [9.17, 15) is 14.7 Å². The van der Waals surface area contributed by atoms with Crippen molar-refractivity contribution in [2.24, 2.45) is 11.8 Å². The highest BCUT2D eigenvalue weighted by molar-refractivity contribution is 5.79. The van der Waals surface area contributed by atoms with E-state index in [2.05, 4.69) is 24.3 Å². The third-order valence-corrected chi connectivity index (χ3v) is 6.23. The van der Waals surface area contributed by atoms with Crippen molar-refractivity contribution in [3.8, 4) is 11.1 Å². The number of rotatable bonds is 3. The standard InChI is InChI=1S/C23H21NO4/c25-22(26)19-11-14-9-10-21(19)24(12-14)23(27)28-13-20-17-7-3-1-5-15(17)16-6-2-4-8-18(16)20/h1-10,14,19-21H,11-13H2,(H,25,26). The van der Waals surface area contributed by atoms with Gasteiger partial charge in [0.25, 0.3) is 0 Å². The van der Waals surface area contributed by atoms with E-state index in [1.165, 1.54) is 22.3 Å². The van der Waals surface area contributed by atoms with Gasteiger partial charge in [0.2, 0.25) is 0 Å². The molecule has 5 heteroatoms. The predicted molar refractivity (Wildman–Crippen MR) is 104 cm³/mol. The number of ether oxygens (including phenoxy) is 1. The van der Waals surface area contributed by atoms with Crippen molar-refractivity contribution in [3.05, 3.63) is 71.8 Å². The number of amides is 1. The lowest BCUT2D eigenvalue weighted by atomic mass is 9.78. The molecule has 0 spiro atoms. The molecule has 2 aliphatic carbocycles. The minimum absolute atomic E-state index is 0.00383. The summed E-state index contributed by atoms with van der Waals surface area (Å²) in [5, 5.41) is 9.47. The fraction of sp³-hybridized carbons (Fsp3) is 0.304. The third-order valence-electron chi connectivity index (χ3n) is 6.23. The fourth-order valence-corrected chi connectivity index (χ4v) is 4.90. The lowest BCUT2D eigenvalue weighted by molar-refractivity contribution is -0.145. The Hall–Kier alpha value is -3.08. The molecule has 3 atom stereocenters. The summed E-state index contributed by atoms with van der Waals surface area (Å²) in [5.41, 5.74) is 4.70. The Morgan fingerprint density at radius 1 is 1.00 bits per heavy atom. The average Bonchev–Trinajstić information content (AvgIpc) is 3.06. The molecule has 2 aliphatic heterocycles. The molecule has 4 aliphatic rings. The van der Waals surface area contributed by atoms with Crippen LogP contribution in [0.15, 0.2) is 60.7 Å². The van der Waals surface area contributed by atoms with Crippen molar-refractivity contribution in [1.82, 2.24) is 4.90 Å². The summed E-state index contributed by atoms with van der Waals surface area (Å²) in [6.07, 6.45) is 4.03. The number of carboxylic acids is 1. The number of piperidine rings is 1. The van der Waals surface area contributed by atoms with E-state index < -0.39 is 24.0 Å². The van der Waals surface area contributed by atoms with Gasteiger partial charge in [0.05, 0.1) is 12.0 Å². The van der Waals surface area contributed by atoms with Crippen LogP contribution in [0.4, 0.5) is 4.79 Å². The molecule has 0 saturated carbocycles. The van der Waals surface area contributed by atoms with Gasteiger partial charge in [-0.3, -0.25) is 4.79 Å². The fourth-order valence-electron chi connectivity index (χ4n) is 4.90. The van der Waals surface area contributed by atoms with E-state index in [0.29, 0.717) is 13.0 Å². The first-order chi connectivity index (χ1) is 13.6. The van der Waals surface area contributed by atoms with Gasteiger partial charge in [0, 0.05) is 12.5 Å². The molecule has 5 nitrogen and oxygen atoms in total. The van der Waals surface area contributed by atoms with Crippen LogP contribution in [0.1, 0.15) is 23.5 Å². The Labute approximate surface area is 163 Å². The van der Waals surface area contributed by atoms with Crippen LogP contribution in [0, 0.1) is 11.8 Å². The molecule has 2 heterocycles. The zero-order chi connectivity index (χ0) is 19.3. The largest absolute Gasteiger partial charge is 0.481 e. The molecule has 142 valence electrons. The quantitative estimate of drug-likeness (QED) is 0.827. The topological polar surface area (TPSA) is 66.8 Å². The molecule has 3 unspecified atom stereocenters. The molecule has 1 saturated heterocycles. The van der Waals surface area contributed by atoms with Crippen molar-refractivity contribution in [2.75, 3.05) is 13.2 Å². The normalized spacial score (nSPS) is 24.7. The Morgan fingerprint density at radius 3 is 2.25 bits per heavy atom. The summed E-state index contributed by atoms with van der Waals surface area (Å²) in [4.78, 5) is 25.9. The second-order valence-electron chi connectivity index (χ2n) is 7.77. The maximum absolute atomic E-state index is 12.8. The Morgan fingerprint density at radius 2 is 1.64 bits per heavy atom. The van der Waals surface area contributed by atoms with E-state index in [1.54, 1.807) is 4.90 Å². The summed E-state index contributed by atoms with van der Waals surface area (Å²) < 4.78 is 5.72. The molecule has 6 rings (SSSR count). The van der Waals surface area contributed by atoms with Crippen molar-refractivity contribution < 1.29 is 19.4 Å². The summed E-state index contributed by atoms with van der Waals surface area (Å²) in [7, 11) is 0. The number of carbonyl (C=O) groups is 2. The maximum atomic E-state index is 12.8. The van der Waals surface area contributed by atoms with Gasteiger partial charge >= 0.3 is 12.1 Å². The number of fused-ring (bicyclic) bond motifs is 5. The van der Waals surface area contributed by atoms with Gasteiger partial charge in [0.15, 0.2) is 0 Å². The minimum Gasteiger partial charge on any atom is -0.481 e. The third kappa shape index (κ3) is 2.61. The van der Waals surface area contributed by atoms with Crippen LogP contribution in [0.25, 0.3) is 11.1 Å². The zero-order valence-electron chi connectivity index (χ0n) is 15.3. The summed E-state index contributed by atoms with van der Waals surface area (Å²) >= 11 is 0. The first-order valence-electron chi connectivity index (χ1n) is 9.66. The van der Waals surface area contributed by atoms with Gasteiger partial charge < -0.3 is 14.7 Å². The molecule has 28 heavy (non-hydrogen) atoms. The van der Waals surface area contributed by atoms with Gasteiger partial charge in [-0.2, -0.15) is 0 Å². The number of nitrogens with zero attached hydrogens (tertiary/aromatic N) is 1. The molecular formula is C23H21NO4. The molecule has 2 aromatic rings. The van der Waals surface area contributed by atoms with E-state index in [1.807, 2.05) is 36.4 Å². The number of benzene rings is 2. The maximum Gasteiger partial charge on any atom is 0.410 e. The molecule has 0 aromatic heterocycles. The van der Waals surface area contributed by atoms with Gasteiger partial charge in [-0.25, -0.2) is 4.79 Å². The first kappa shape index (κ1) is 17.0. The van der Waals surface area contributed by atoms with Gasteiger partial charge in [-0.15, -0.1) is 0 Å². The van der Waals surface area contributed by atoms with Crippen LogP contribution < -0.4 is 0 Å². The zero-order valence-corrected chi connectivity index (χ0v) is 15.3. The van der Waals surface area contributed by atoms with E-state index in [4.69, 9.17) is 4.74 Å². The monoisotopic (exact) mass is 375 g/mol. The number of carbonyl (C=O) groups excluding carboxylic acids is 1. The Balaban J connectivity index is 1.35. The smallest absolute Gasteiger partial charge is 0.410 e. The lowest BCUT2D eigenvalue weighted by Crippen LogP contribution is -2.55. The van der Waals surface area contributed by atoms with Crippen molar-refractivity contribution in [1.29, 1.82) is 0 Å². The molecule has 0 radical (unpaired) electrons. The van der Waals surface area contributed by atoms with Crippen molar-refractivity contribution in [3.63, 3.8) is 0 Å². The number of hydrogen-bond acceptors (Lipinski definition) is 3. The van der Waals surface area contributed by atoms with Crippen molar-refractivity contribution in [2.45, 2.75) is 18.4 Å². The summed E-state index contributed by atoms with van der Waals surface area (Å²) in [6, 6.07) is 16.0. The molecule has 1 fully saturated rings. The van der Waals surface area contributed by atoms with Crippen LogP contribution >= 0.6 is 0 Å². The molecular weight excluding hydrogens is 354 g/mol.